The highest BCUT2D eigenvalue weighted by atomic mass is 35.5. The van der Waals surface area contributed by atoms with E-state index in [2.05, 4.69) is 0 Å². The van der Waals surface area contributed by atoms with Crippen molar-refractivity contribution in [3.05, 3.63) is 28.8 Å². The van der Waals surface area contributed by atoms with Gasteiger partial charge in [0.2, 0.25) is 0 Å². The zero-order chi connectivity index (χ0) is 15.6. The molecular weight excluding hydrogens is 330 g/mol. The maximum Gasteiger partial charge on any atom is 0.171 e. The molecule has 1 aromatic rings. The van der Waals surface area contributed by atoms with Crippen LogP contribution in [0.5, 0.6) is 0 Å². The topological polar surface area (TPSA) is 57.6 Å². The van der Waals surface area contributed by atoms with E-state index < -0.39 is 21.3 Å². The molecule has 1 heterocycles. The van der Waals surface area contributed by atoms with Crippen LogP contribution in [0.15, 0.2) is 18.2 Å². The van der Waals surface area contributed by atoms with Crippen molar-refractivity contribution < 1.29 is 13.5 Å². The van der Waals surface area contributed by atoms with Gasteiger partial charge >= 0.3 is 0 Å². The van der Waals surface area contributed by atoms with Crippen LogP contribution in [0.25, 0.3) is 0 Å². The Hall–Kier alpha value is -0.430. The summed E-state index contributed by atoms with van der Waals surface area (Å²) in [4.78, 5) is 1.88. The average molecular weight is 350 g/mol. The van der Waals surface area contributed by atoms with Crippen molar-refractivity contribution in [2.75, 3.05) is 28.7 Å². The van der Waals surface area contributed by atoms with Gasteiger partial charge in [-0.2, -0.15) is 11.8 Å². The van der Waals surface area contributed by atoms with Crippen molar-refractivity contribution in [3.8, 4) is 0 Å². The number of hydrogen-bond donors (Lipinski definition) is 1. The van der Waals surface area contributed by atoms with Crippen LogP contribution in [0.2, 0.25) is 5.02 Å². The van der Waals surface area contributed by atoms with Crippen molar-refractivity contribution in [2.45, 2.75) is 25.3 Å². The van der Waals surface area contributed by atoms with Crippen LogP contribution in [0, 0.1) is 0 Å². The number of hydrogen-bond acceptors (Lipinski definition) is 5. The largest absolute Gasteiger partial charge is 0.389 e. The first-order valence-electron chi connectivity index (χ1n) is 6.90. The molecule has 0 spiro atoms. The number of halogens is 1. The van der Waals surface area contributed by atoms with Crippen LogP contribution >= 0.6 is 23.4 Å². The molecule has 1 aromatic carbocycles. The van der Waals surface area contributed by atoms with E-state index in [1.54, 1.807) is 43.8 Å². The molecule has 0 radical (unpaired) electrons. The molecule has 2 atom stereocenters. The molecule has 1 aliphatic rings. The monoisotopic (exact) mass is 349 g/mol. The first-order chi connectivity index (χ1) is 9.86. The van der Waals surface area contributed by atoms with Crippen molar-refractivity contribution in [1.29, 1.82) is 0 Å². The number of anilines is 1. The molecule has 0 bridgehead atoms. The smallest absolute Gasteiger partial charge is 0.171 e. The maximum absolute atomic E-state index is 12.3. The lowest BCUT2D eigenvalue weighted by molar-refractivity contribution is 0.199. The Morgan fingerprint density at radius 1 is 1.52 bits per heavy atom. The quantitative estimate of drug-likeness (QED) is 0.905. The van der Waals surface area contributed by atoms with Gasteiger partial charge in [0, 0.05) is 23.8 Å². The van der Waals surface area contributed by atoms with Crippen molar-refractivity contribution in [1.82, 2.24) is 0 Å². The Morgan fingerprint density at radius 2 is 2.24 bits per heavy atom. The van der Waals surface area contributed by atoms with Gasteiger partial charge in [0.05, 0.1) is 16.8 Å². The second-order valence-corrected chi connectivity index (χ2v) is 9.07. The third-order valence-corrected chi connectivity index (χ3v) is 7.26. The van der Waals surface area contributed by atoms with Gasteiger partial charge in [-0.3, -0.25) is 0 Å². The molecule has 1 aliphatic heterocycles. The molecule has 2 rings (SSSR count). The second kappa shape index (κ2) is 6.77. The normalized spacial score (nSPS) is 21.3. The molecule has 0 aromatic heterocycles. The lowest BCUT2D eigenvalue weighted by Crippen LogP contribution is -2.48. The first-order valence-corrected chi connectivity index (χ1v) is 10.1. The predicted molar refractivity (Wildman–Crippen MR) is 90.0 cm³/mol. The van der Waals surface area contributed by atoms with Crippen LogP contribution in [0.1, 0.15) is 25.5 Å². The Bertz CT molecular complexity index is 604. The molecular formula is C14H20ClNO3S2. The number of aliphatic hydroxyl groups excluding tert-OH is 1. The number of rotatable bonds is 4. The molecule has 4 nitrogen and oxygen atoms in total. The Morgan fingerprint density at radius 3 is 2.81 bits per heavy atom. The van der Waals surface area contributed by atoms with Crippen molar-refractivity contribution >= 4 is 38.9 Å². The summed E-state index contributed by atoms with van der Waals surface area (Å²) < 4.78 is 24.6. The summed E-state index contributed by atoms with van der Waals surface area (Å²) in [6.07, 6.45) is -0.594. The Balaban J connectivity index is 2.38. The van der Waals surface area contributed by atoms with Crippen molar-refractivity contribution in [3.63, 3.8) is 0 Å². The van der Waals surface area contributed by atoms with Gasteiger partial charge in [-0.25, -0.2) is 8.42 Å². The molecule has 2 unspecified atom stereocenters. The molecule has 118 valence electrons. The molecule has 1 fully saturated rings. The Kier molecular flexibility index (Phi) is 5.46. The lowest BCUT2D eigenvalue weighted by Gasteiger charge is -2.37. The lowest BCUT2D eigenvalue weighted by atomic mass is 10.1. The summed E-state index contributed by atoms with van der Waals surface area (Å²) >= 11 is 7.96. The molecule has 1 saturated heterocycles. The van der Waals surface area contributed by atoms with Crippen LogP contribution < -0.4 is 4.90 Å². The average Bonchev–Trinajstić information content (AvgIpc) is 2.47. The molecule has 0 saturated carbocycles. The van der Waals surface area contributed by atoms with Gasteiger partial charge in [-0.05, 0) is 24.6 Å². The Labute approximate surface area is 135 Å². The van der Waals surface area contributed by atoms with Gasteiger partial charge in [-0.1, -0.05) is 24.6 Å². The van der Waals surface area contributed by atoms with E-state index in [1.807, 2.05) is 4.90 Å². The number of thioether (sulfide) groups is 1. The van der Waals surface area contributed by atoms with E-state index in [0.717, 1.165) is 17.0 Å². The van der Waals surface area contributed by atoms with Gasteiger partial charge in [0.25, 0.3) is 0 Å². The van der Waals surface area contributed by atoms with Gasteiger partial charge in [0.1, 0.15) is 5.37 Å². The van der Waals surface area contributed by atoms with Gasteiger partial charge < -0.3 is 10.0 Å². The van der Waals surface area contributed by atoms with Crippen LogP contribution in [-0.4, -0.2) is 42.7 Å². The zero-order valence-corrected chi connectivity index (χ0v) is 14.5. The minimum atomic E-state index is -3.16. The summed E-state index contributed by atoms with van der Waals surface area (Å²) in [6, 6.07) is 5.31. The number of aliphatic hydroxyl groups is 1. The van der Waals surface area contributed by atoms with Crippen LogP contribution in [-0.2, 0) is 9.84 Å². The SMILES string of the molecule is CCS(=O)(=O)C1CSCCN1c1ccc(C(C)O)cc1Cl. The molecule has 0 amide bonds. The van der Waals surface area contributed by atoms with Gasteiger partial charge in [0.15, 0.2) is 9.84 Å². The third-order valence-electron chi connectivity index (χ3n) is 3.67. The predicted octanol–water partition coefficient (Wildman–Crippen LogP) is 2.71. The highest BCUT2D eigenvalue weighted by molar-refractivity contribution is 8.01. The number of sulfone groups is 1. The summed E-state index contributed by atoms with van der Waals surface area (Å²) in [6.45, 7) is 4.00. The highest BCUT2D eigenvalue weighted by Crippen LogP contribution is 2.34. The minimum absolute atomic E-state index is 0.123. The first kappa shape index (κ1) is 16.9. The maximum atomic E-state index is 12.3. The van der Waals surface area contributed by atoms with E-state index in [-0.39, 0.29) is 5.75 Å². The van der Waals surface area contributed by atoms with Crippen LogP contribution in [0.3, 0.4) is 0 Å². The summed E-state index contributed by atoms with van der Waals surface area (Å²) in [5, 5.41) is 9.55. The molecule has 1 N–H and O–H groups in total. The fourth-order valence-corrected chi connectivity index (χ4v) is 5.64. The van der Waals surface area contributed by atoms with Crippen molar-refractivity contribution in [2.24, 2.45) is 0 Å². The number of nitrogens with zero attached hydrogens (tertiary/aromatic N) is 1. The van der Waals surface area contributed by atoms with E-state index >= 15 is 0 Å². The molecule has 21 heavy (non-hydrogen) atoms. The van der Waals surface area contributed by atoms with E-state index in [9.17, 15) is 13.5 Å². The third kappa shape index (κ3) is 3.67. The summed E-state index contributed by atoms with van der Waals surface area (Å²) in [7, 11) is -3.16. The van der Waals surface area contributed by atoms with E-state index in [4.69, 9.17) is 11.6 Å². The number of benzene rings is 1. The fraction of sp³-hybridized carbons (Fsp3) is 0.571. The zero-order valence-electron chi connectivity index (χ0n) is 12.1. The summed E-state index contributed by atoms with van der Waals surface area (Å²) in [5.41, 5.74) is 1.45. The van der Waals surface area contributed by atoms with E-state index in [1.165, 1.54) is 0 Å². The fourth-order valence-electron chi connectivity index (χ4n) is 2.36. The standard InChI is InChI=1S/C14H20ClNO3S2/c1-3-21(18,19)14-9-20-7-6-16(14)13-5-4-11(10(2)17)8-12(13)15/h4-5,8,10,14,17H,3,6-7,9H2,1-2H3. The molecule has 0 aliphatic carbocycles. The highest BCUT2D eigenvalue weighted by Gasteiger charge is 2.33. The van der Waals surface area contributed by atoms with E-state index in [0.29, 0.717) is 17.3 Å². The second-order valence-electron chi connectivity index (χ2n) is 5.06. The summed E-state index contributed by atoms with van der Waals surface area (Å²) in [5.74, 6) is 1.56. The van der Waals surface area contributed by atoms with Crippen LogP contribution in [0.4, 0.5) is 5.69 Å². The van der Waals surface area contributed by atoms with Gasteiger partial charge in [-0.15, -0.1) is 0 Å². The molecule has 7 heteroatoms. The minimum Gasteiger partial charge on any atom is -0.389 e.